The molecular weight excluding hydrogens is 290 g/mol. The lowest BCUT2D eigenvalue weighted by Crippen LogP contribution is -2.54. The van der Waals surface area contributed by atoms with Gasteiger partial charge < -0.3 is 25.5 Å². The Morgan fingerprint density at radius 2 is 1.59 bits per heavy atom. The molecule has 0 aliphatic carbocycles. The van der Waals surface area contributed by atoms with E-state index in [4.69, 9.17) is 5.11 Å². The van der Waals surface area contributed by atoms with Gasteiger partial charge in [0.05, 0.1) is 13.1 Å². The van der Waals surface area contributed by atoms with Gasteiger partial charge in [0.1, 0.15) is 0 Å². The van der Waals surface area contributed by atoms with Gasteiger partial charge >= 0.3 is 12.0 Å². The minimum absolute atomic E-state index is 0.00175. The number of amides is 3. The lowest BCUT2D eigenvalue weighted by atomic mass is 10.3. The number of hydrogen-bond acceptors (Lipinski definition) is 5. The Labute approximate surface area is 129 Å². The molecule has 9 nitrogen and oxygen atoms in total. The maximum absolute atomic E-state index is 12.1. The summed E-state index contributed by atoms with van der Waals surface area (Å²) < 4.78 is 0. The van der Waals surface area contributed by atoms with E-state index in [0.29, 0.717) is 39.3 Å². The van der Waals surface area contributed by atoms with E-state index in [-0.39, 0.29) is 25.0 Å². The normalized spacial score (nSPS) is 19.8. The van der Waals surface area contributed by atoms with Crippen molar-refractivity contribution in [1.82, 2.24) is 25.3 Å². The molecule has 22 heavy (non-hydrogen) atoms. The zero-order valence-corrected chi connectivity index (χ0v) is 12.6. The molecule has 3 N–H and O–H groups in total. The number of urea groups is 1. The Balaban J connectivity index is 1.67. The van der Waals surface area contributed by atoms with Crippen molar-refractivity contribution in [3.05, 3.63) is 0 Å². The van der Waals surface area contributed by atoms with Crippen molar-refractivity contribution in [3.8, 4) is 0 Å². The second kappa shape index (κ2) is 7.95. The minimum Gasteiger partial charge on any atom is -0.480 e. The van der Waals surface area contributed by atoms with Gasteiger partial charge in [-0.15, -0.1) is 0 Å². The highest BCUT2D eigenvalue weighted by molar-refractivity contribution is 5.84. The third-order valence-corrected chi connectivity index (χ3v) is 3.88. The average molecular weight is 313 g/mol. The number of carboxylic acids is 1. The van der Waals surface area contributed by atoms with Crippen molar-refractivity contribution in [2.45, 2.75) is 0 Å². The smallest absolute Gasteiger partial charge is 0.317 e. The molecule has 2 saturated heterocycles. The number of nitrogens with zero attached hydrogens (tertiary/aromatic N) is 3. The fourth-order valence-corrected chi connectivity index (χ4v) is 2.59. The monoisotopic (exact) mass is 313 g/mol. The van der Waals surface area contributed by atoms with Gasteiger partial charge in [0, 0.05) is 52.4 Å². The average Bonchev–Trinajstić information content (AvgIpc) is 2.53. The number of piperazine rings is 2. The first kappa shape index (κ1) is 16.5. The van der Waals surface area contributed by atoms with Crippen LogP contribution in [0.2, 0.25) is 0 Å². The fourth-order valence-electron chi connectivity index (χ4n) is 2.59. The van der Waals surface area contributed by atoms with Crippen molar-refractivity contribution in [2.24, 2.45) is 0 Å². The quantitative estimate of drug-likeness (QED) is 0.545. The molecule has 9 heteroatoms. The summed E-state index contributed by atoms with van der Waals surface area (Å²) in [5.41, 5.74) is 0. The summed E-state index contributed by atoms with van der Waals surface area (Å²) in [5.74, 6) is -0.985. The standard InChI is InChI=1S/C13H23N5O4/c19-11(9-15-13(22)18-3-1-14-2-4-18)17-7-5-16(6-8-17)10-12(20)21/h14H,1-10H2,(H,15,22)(H,20,21). The Kier molecular flexibility index (Phi) is 5.96. The largest absolute Gasteiger partial charge is 0.480 e. The molecule has 2 aliphatic rings. The van der Waals surface area contributed by atoms with Crippen molar-refractivity contribution < 1.29 is 19.5 Å². The van der Waals surface area contributed by atoms with Crippen LogP contribution in [0.1, 0.15) is 0 Å². The van der Waals surface area contributed by atoms with Gasteiger partial charge in [-0.05, 0) is 0 Å². The Hall–Kier alpha value is -1.87. The Morgan fingerprint density at radius 1 is 0.955 bits per heavy atom. The third kappa shape index (κ3) is 4.85. The van der Waals surface area contributed by atoms with E-state index in [2.05, 4.69) is 10.6 Å². The molecule has 0 unspecified atom stereocenters. The first-order chi connectivity index (χ1) is 10.6. The predicted octanol–water partition coefficient (Wildman–Crippen LogP) is -2.17. The summed E-state index contributed by atoms with van der Waals surface area (Å²) >= 11 is 0. The highest BCUT2D eigenvalue weighted by Gasteiger charge is 2.23. The molecule has 0 atom stereocenters. The van der Waals surface area contributed by atoms with Crippen molar-refractivity contribution in [1.29, 1.82) is 0 Å². The van der Waals surface area contributed by atoms with Crippen LogP contribution in [0.4, 0.5) is 4.79 Å². The molecular formula is C13H23N5O4. The van der Waals surface area contributed by atoms with Gasteiger partial charge in [0.15, 0.2) is 0 Å². The third-order valence-electron chi connectivity index (χ3n) is 3.88. The van der Waals surface area contributed by atoms with E-state index in [1.165, 1.54) is 0 Å². The molecule has 2 heterocycles. The van der Waals surface area contributed by atoms with Gasteiger partial charge in [-0.25, -0.2) is 4.79 Å². The van der Waals surface area contributed by atoms with E-state index in [1.807, 2.05) is 0 Å². The summed E-state index contributed by atoms with van der Waals surface area (Å²) in [7, 11) is 0. The molecule has 0 saturated carbocycles. The molecule has 0 radical (unpaired) electrons. The van der Waals surface area contributed by atoms with Gasteiger partial charge in [-0.1, -0.05) is 0 Å². The zero-order valence-electron chi connectivity index (χ0n) is 12.6. The minimum atomic E-state index is -0.858. The van der Waals surface area contributed by atoms with E-state index in [0.717, 1.165) is 13.1 Å². The molecule has 0 aromatic carbocycles. The van der Waals surface area contributed by atoms with Crippen LogP contribution in [0.15, 0.2) is 0 Å². The van der Waals surface area contributed by atoms with E-state index in [9.17, 15) is 14.4 Å². The van der Waals surface area contributed by atoms with Crippen molar-refractivity contribution >= 4 is 17.9 Å². The van der Waals surface area contributed by atoms with Gasteiger partial charge in [0.25, 0.3) is 0 Å². The van der Waals surface area contributed by atoms with Gasteiger partial charge in [0.2, 0.25) is 5.91 Å². The molecule has 0 aromatic heterocycles. The second-order valence-electron chi connectivity index (χ2n) is 5.45. The fraction of sp³-hybridized carbons (Fsp3) is 0.769. The van der Waals surface area contributed by atoms with E-state index in [1.54, 1.807) is 14.7 Å². The first-order valence-electron chi connectivity index (χ1n) is 7.51. The van der Waals surface area contributed by atoms with E-state index >= 15 is 0 Å². The zero-order chi connectivity index (χ0) is 15.9. The summed E-state index contributed by atoms with van der Waals surface area (Å²) in [4.78, 5) is 39.7. The summed E-state index contributed by atoms with van der Waals surface area (Å²) in [6.45, 7) is 4.91. The maximum atomic E-state index is 12.1. The number of hydrogen-bond donors (Lipinski definition) is 3. The predicted molar refractivity (Wildman–Crippen MR) is 78.5 cm³/mol. The van der Waals surface area contributed by atoms with Crippen LogP contribution in [0.25, 0.3) is 0 Å². The summed E-state index contributed by atoms with van der Waals surface area (Å²) in [6, 6.07) is -0.209. The SMILES string of the molecule is O=C(O)CN1CCN(C(=O)CNC(=O)N2CCNCC2)CC1. The number of nitrogens with one attached hydrogen (secondary N) is 2. The van der Waals surface area contributed by atoms with Gasteiger partial charge in [-0.2, -0.15) is 0 Å². The molecule has 124 valence electrons. The van der Waals surface area contributed by atoms with Crippen LogP contribution in [0.3, 0.4) is 0 Å². The number of carbonyl (C=O) groups is 3. The summed E-state index contributed by atoms with van der Waals surface area (Å²) in [6.07, 6.45) is 0. The number of carboxylic acid groups (broad SMARTS) is 1. The lowest BCUT2D eigenvalue weighted by Gasteiger charge is -2.34. The maximum Gasteiger partial charge on any atom is 0.317 e. The molecule has 2 rings (SSSR count). The van der Waals surface area contributed by atoms with Crippen molar-refractivity contribution in [3.63, 3.8) is 0 Å². The van der Waals surface area contributed by atoms with Crippen LogP contribution >= 0.6 is 0 Å². The molecule has 0 bridgehead atoms. The molecule has 3 amide bonds. The number of aliphatic carboxylic acids is 1. The molecule has 0 spiro atoms. The highest BCUT2D eigenvalue weighted by Crippen LogP contribution is 2.02. The lowest BCUT2D eigenvalue weighted by molar-refractivity contribution is -0.139. The van der Waals surface area contributed by atoms with E-state index < -0.39 is 5.97 Å². The Bertz CT molecular complexity index is 417. The highest BCUT2D eigenvalue weighted by atomic mass is 16.4. The first-order valence-corrected chi connectivity index (χ1v) is 7.51. The Morgan fingerprint density at radius 3 is 2.18 bits per heavy atom. The summed E-state index contributed by atoms with van der Waals surface area (Å²) in [5, 5.41) is 14.5. The van der Waals surface area contributed by atoms with Crippen LogP contribution in [0, 0.1) is 0 Å². The topological polar surface area (TPSA) is 105 Å². The molecule has 2 aliphatic heterocycles. The van der Waals surface area contributed by atoms with Crippen LogP contribution in [-0.4, -0.2) is 103 Å². The van der Waals surface area contributed by atoms with Gasteiger partial charge in [-0.3, -0.25) is 14.5 Å². The van der Waals surface area contributed by atoms with Crippen molar-refractivity contribution in [2.75, 3.05) is 65.4 Å². The van der Waals surface area contributed by atoms with Crippen LogP contribution < -0.4 is 10.6 Å². The number of carbonyl (C=O) groups excluding carboxylic acids is 2. The van der Waals surface area contributed by atoms with Crippen LogP contribution in [0.5, 0.6) is 0 Å². The second-order valence-corrected chi connectivity index (χ2v) is 5.45. The molecule has 2 fully saturated rings. The molecule has 0 aromatic rings. The van der Waals surface area contributed by atoms with Crippen LogP contribution in [-0.2, 0) is 9.59 Å². The number of rotatable bonds is 4.